The van der Waals surface area contributed by atoms with Crippen LogP contribution in [0, 0.1) is 31.3 Å². The summed E-state index contributed by atoms with van der Waals surface area (Å²) in [6.07, 6.45) is 1.54. The maximum Gasteiger partial charge on any atom is 0.243 e. The van der Waals surface area contributed by atoms with Gasteiger partial charge in [0.1, 0.15) is 6.33 Å². The molecule has 2 amide bonds. The second-order valence-corrected chi connectivity index (χ2v) is 7.53. The lowest BCUT2D eigenvalue weighted by Crippen LogP contribution is -2.34. The number of rotatable bonds is 7. The van der Waals surface area contributed by atoms with E-state index in [1.165, 1.54) is 6.33 Å². The van der Waals surface area contributed by atoms with Crippen LogP contribution in [0.25, 0.3) is 5.69 Å². The maximum atomic E-state index is 13.6. The van der Waals surface area contributed by atoms with Crippen LogP contribution < -0.4 is 10.6 Å². The lowest BCUT2D eigenvalue weighted by Gasteiger charge is -2.09. The third-order valence-electron chi connectivity index (χ3n) is 4.37. The molecule has 0 saturated heterocycles. The van der Waals surface area contributed by atoms with Gasteiger partial charge >= 0.3 is 0 Å². The third-order valence-corrected chi connectivity index (χ3v) is 5.32. The van der Waals surface area contributed by atoms with Crippen molar-refractivity contribution in [1.29, 1.82) is 0 Å². The van der Waals surface area contributed by atoms with E-state index in [1.54, 1.807) is 4.57 Å². The van der Waals surface area contributed by atoms with Crippen LogP contribution in [-0.4, -0.2) is 38.9 Å². The number of nitrogens with zero attached hydrogens (tertiary/aromatic N) is 3. The minimum atomic E-state index is -1.69. The average molecular weight is 449 g/mol. The standard InChI is InChI=1S/C20H18F3N5O2S/c1-11-3-4-13(7-12(11)2)28-10-25-27-20(28)31-9-17(30)24-8-16(29)26-15-6-5-14(21)18(22)19(15)23/h3-7,10H,8-9H2,1-2H3,(H,24,30)(H,26,29). The predicted octanol–water partition coefficient (Wildman–Crippen LogP) is 3.15. The van der Waals surface area contributed by atoms with E-state index in [0.717, 1.165) is 34.6 Å². The van der Waals surface area contributed by atoms with E-state index in [2.05, 4.69) is 20.8 Å². The summed E-state index contributed by atoms with van der Waals surface area (Å²) in [5.74, 6) is -5.88. The predicted molar refractivity (Wildman–Crippen MR) is 110 cm³/mol. The fourth-order valence-electron chi connectivity index (χ4n) is 2.55. The zero-order chi connectivity index (χ0) is 22.5. The number of nitrogens with one attached hydrogen (secondary N) is 2. The first-order valence-corrected chi connectivity index (χ1v) is 10.1. The fourth-order valence-corrected chi connectivity index (χ4v) is 3.31. The molecule has 0 atom stereocenters. The van der Waals surface area contributed by atoms with Crippen molar-refractivity contribution in [3.8, 4) is 5.69 Å². The van der Waals surface area contributed by atoms with Crippen LogP contribution in [0.4, 0.5) is 18.9 Å². The van der Waals surface area contributed by atoms with Gasteiger partial charge < -0.3 is 10.6 Å². The molecule has 2 aromatic carbocycles. The molecule has 0 unspecified atom stereocenters. The normalized spacial score (nSPS) is 10.7. The number of carbonyl (C=O) groups is 2. The van der Waals surface area contributed by atoms with Crippen LogP contribution in [0.5, 0.6) is 0 Å². The van der Waals surface area contributed by atoms with Gasteiger partial charge in [-0.1, -0.05) is 17.8 Å². The molecule has 0 aliphatic carbocycles. The first kappa shape index (κ1) is 22.3. The first-order valence-electron chi connectivity index (χ1n) is 9.06. The Hall–Kier alpha value is -3.34. The van der Waals surface area contributed by atoms with E-state index >= 15 is 0 Å². The van der Waals surface area contributed by atoms with Gasteiger partial charge in [0, 0.05) is 5.69 Å². The molecular formula is C20H18F3N5O2S. The Bertz CT molecular complexity index is 1140. The molecule has 162 valence electrons. The average Bonchev–Trinajstić information content (AvgIpc) is 3.22. The largest absolute Gasteiger partial charge is 0.346 e. The van der Waals surface area contributed by atoms with Crippen molar-refractivity contribution in [2.24, 2.45) is 0 Å². The van der Waals surface area contributed by atoms with Gasteiger partial charge in [0.05, 0.1) is 18.0 Å². The molecule has 11 heteroatoms. The quantitative estimate of drug-likeness (QED) is 0.427. The van der Waals surface area contributed by atoms with Crippen LogP contribution in [-0.2, 0) is 9.59 Å². The number of aromatic nitrogens is 3. The molecule has 0 aliphatic heterocycles. The van der Waals surface area contributed by atoms with Crippen molar-refractivity contribution < 1.29 is 22.8 Å². The fraction of sp³-hybridized carbons (Fsp3) is 0.200. The van der Waals surface area contributed by atoms with Crippen LogP contribution in [0.15, 0.2) is 41.8 Å². The van der Waals surface area contributed by atoms with Crippen molar-refractivity contribution in [3.05, 3.63) is 65.2 Å². The van der Waals surface area contributed by atoms with Gasteiger partial charge in [0.25, 0.3) is 0 Å². The Kier molecular flexibility index (Phi) is 6.95. The maximum absolute atomic E-state index is 13.6. The highest BCUT2D eigenvalue weighted by Gasteiger charge is 2.16. The Balaban J connectivity index is 1.52. The van der Waals surface area contributed by atoms with E-state index in [0.29, 0.717) is 11.2 Å². The lowest BCUT2D eigenvalue weighted by molar-refractivity contribution is -0.122. The minimum absolute atomic E-state index is 0.0453. The van der Waals surface area contributed by atoms with Gasteiger partial charge in [-0.15, -0.1) is 10.2 Å². The summed E-state index contributed by atoms with van der Waals surface area (Å²) in [4.78, 5) is 23.9. The minimum Gasteiger partial charge on any atom is -0.346 e. The number of amides is 2. The molecule has 0 saturated carbocycles. The monoisotopic (exact) mass is 449 g/mol. The van der Waals surface area contributed by atoms with Gasteiger partial charge in [0.2, 0.25) is 11.8 Å². The molecule has 31 heavy (non-hydrogen) atoms. The highest BCUT2D eigenvalue weighted by atomic mass is 32.2. The molecule has 1 aromatic heterocycles. The smallest absolute Gasteiger partial charge is 0.243 e. The topological polar surface area (TPSA) is 88.9 Å². The van der Waals surface area contributed by atoms with Crippen LogP contribution in [0.3, 0.4) is 0 Å². The molecular weight excluding hydrogens is 431 g/mol. The van der Waals surface area contributed by atoms with E-state index in [4.69, 9.17) is 0 Å². The number of carbonyl (C=O) groups excluding carboxylic acids is 2. The summed E-state index contributed by atoms with van der Waals surface area (Å²) in [5.41, 5.74) is 2.58. The molecule has 0 bridgehead atoms. The number of anilines is 1. The van der Waals surface area contributed by atoms with Crippen LogP contribution in [0.2, 0.25) is 0 Å². The molecule has 0 spiro atoms. The van der Waals surface area contributed by atoms with Crippen molar-refractivity contribution >= 4 is 29.3 Å². The number of hydrogen-bond acceptors (Lipinski definition) is 5. The van der Waals surface area contributed by atoms with E-state index in [1.807, 2.05) is 32.0 Å². The summed E-state index contributed by atoms with van der Waals surface area (Å²) in [6, 6.07) is 7.44. The third kappa shape index (κ3) is 5.43. The van der Waals surface area contributed by atoms with Crippen LogP contribution in [0.1, 0.15) is 11.1 Å². The molecule has 0 aliphatic rings. The molecule has 2 N–H and O–H groups in total. The van der Waals surface area contributed by atoms with Gasteiger partial charge in [-0.25, -0.2) is 13.2 Å². The SMILES string of the molecule is Cc1ccc(-n2cnnc2SCC(=O)NCC(=O)Nc2ccc(F)c(F)c2F)cc1C. The molecule has 3 aromatic rings. The summed E-state index contributed by atoms with van der Waals surface area (Å²) in [5, 5.41) is 12.8. The molecule has 7 nitrogen and oxygen atoms in total. The lowest BCUT2D eigenvalue weighted by atomic mass is 10.1. The van der Waals surface area contributed by atoms with Crippen molar-refractivity contribution in [2.75, 3.05) is 17.6 Å². The van der Waals surface area contributed by atoms with Crippen molar-refractivity contribution in [3.63, 3.8) is 0 Å². The summed E-state index contributed by atoms with van der Waals surface area (Å²) in [7, 11) is 0. The number of hydrogen-bond donors (Lipinski definition) is 2. The molecule has 0 radical (unpaired) electrons. The van der Waals surface area contributed by atoms with E-state index in [9.17, 15) is 22.8 Å². The van der Waals surface area contributed by atoms with E-state index < -0.39 is 41.5 Å². The highest BCUT2D eigenvalue weighted by Crippen LogP contribution is 2.21. The van der Waals surface area contributed by atoms with Gasteiger partial charge in [-0.3, -0.25) is 14.2 Å². The summed E-state index contributed by atoms with van der Waals surface area (Å²) < 4.78 is 41.5. The van der Waals surface area contributed by atoms with Crippen molar-refractivity contribution in [2.45, 2.75) is 19.0 Å². The number of thioether (sulfide) groups is 1. The zero-order valence-corrected chi connectivity index (χ0v) is 17.4. The molecule has 1 heterocycles. The highest BCUT2D eigenvalue weighted by molar-refractivity contribution is 7.99. The zero-order valence-electron chi connectivity index (χ0n) is 16.6. The second-order valence-electron chi connectivity index (χ2n) is 6.59. The van der Waals surface area contributed by atoms with Gasteiger partial charge in [-0.2, -0.15) is 0 Å². The number of aryl methyl sites for hydroxylation is 2. The van der Waals surface area contributed by atoms with Crippen molar-refractivity contribution in [1.82, 2.24) is 20.1 Å². The Labute approximate surface area is 180 Å². The Morgan fingerprint density at radius 3 is 2.55 bits per heavy atom. The van der Waals surface area contributed by atoms with Crippen LogP contribution >= 0.6 is 11.8 Å². The Morgan fingerprint density at radius 1 is 1.03 bits per heavy atom. The Morgan fingerprint density at radius 2 is 1.81 bits per heavy atom. The molecule has 3 rings (SSSR count). The van der Waals surface area contributed by atoms with Gasteiger partial charge in [0.15, 0.2) is 22.6 Å². The molecule has 0 fully saturated rings. The number of benzene rings is 2. The second kappa shape index (κ2) is 9.65. The summed E-state index contributed by atoms with van der Waals surface area (Å²) >= 11 is 1.12. The first-order chi connectivity index (χ1) is 14.8. The summed E-state index contributed by atoms with van der Waals surface area (Å²) in [6.45, 7) is 3.52. The van der Waals surface area contributed by atoms with Gasteiger partial charge in [-0.05, 0) is 49.2 Å². The van der Waals surface area contributed by atoms with E-state index in [-0.39, 0.29) is 5.75 Å². The number of halogens is 3.